The van der Waals surface area contributed by atoms with Crippen molar-refractivity contribution in [2.75, 3.05) is 6.54 Å². The topological polar surface area (TPSA) is 24.4 Å². The van der Waals surface area contributed by atoms with Crippen molar-refractivity contribution >= 4 is 6.21 Å². The number of hydrogen-bond donors (Lipinski definition) is 1. The van der Waals surface area contributed by atoms with Crippen molar-refractivity contribution in [1.29, 1.82) is 0 Å². The molecule has 2 heteroatoms. The van der Waals surface area contributed by atoms with Gasteiger partial charge in [-0.3, -0.25) is 4.99 Å². The first kappa shape index (κ1) is 10.0. The molecule has 0 amide bonds. The van der Waals surface area contributed by atoms with E-state index in [0.29, 0.717) is 6.04 Å². The second-order valence-electron chi connectivity index (χ2n) is 3.56. The molecule has 0 atom stereocenters. The summed E-state index contributed by atoms with van der Waals surface area (Å²) in [4.78, 5) is 4.20. The fourth-order valence-corrected chi connectivity index (χ4v) is 1.15. The zero-order valence-electron chi connectivity index (χ0n) is 8.46. The van der Waals surface area contributed by atoms with Crippen LogP contribution in [0.2, 0.25) is 0 Å². The highest BCUT2D eigenvalue weighted by atomic mass is 14.9. The van der Waals surface area contributed by atoms with Crippen molar-refractivity contribution in [3.63, 3.8) is 0 Å². The van der Waals surface area contributed by atoms with Gasteiger partial charge in [0.05, 0.1) is 0 Å². The van der Waals surface area contributed by atoms with Crippen LogP contribution in [0, 0.1) is 0 Å². The molecule has 2 nitrogen and oxygen atoms in total. The minimum absolute atomic E-state index is 0.514. The van der Waals surface area contributed by atoms with Gasteiger partial charge in [0.25, 0.3) is 0 Å². The molecule has 1 heterocycles. The zero-order valence-corrected chi connectivity index (χ0v) is 8.46. The van der Waals surface area contributed by atoms with Crippen LogP contribution in [0.1, 0.15) is 26.7 Å². The molecule has 0 aliphatic carbocycles. The third kappa shape index (κ3) is 4.51. The van der Waals surface area contributed by atoms with Gasteiger partial charge in [0.1, 0.15) is 0 Å². The van der Waals surface area contributed by atoms with E-state index < -0.39 is 0 Å². The fourth-order valence-electron chi connectivity index (χ4n) is 1.15. The van der Waals surface area contributed by atoms with E-state index in [2.05, 4.69) is 36.4 Å². The second-order valence-corrected chi connectivity index (χ2v) is 3.56. The van der Waals surface area contributed by atoms with Gasteiger partial charge in [-0.2, -0.15) is 0 Å². The van der Waals surface area contributed by atoms with Crippen LogP contribution >= 0.6 is 0 Å². The summed E-state index contributed by atoms with van der Waals surface area (Å²) in [5.74, 6) is 0. The average molecular weight is 178 g/mol. The van der Waals surface area contributed by atoms with Crippen molar-refractivity contribution < 1.29 is 0 Å². The van der Waals surface area contributed by atoms with Gasteiger partial charge < -0.3 is 5.32 Å². The molecule has 72 valence electrons. The first-order valence-electron chi connectivity index (χ1n) is 4.90. The van der Waals surface area contributed by atoms with E-state index in [1.165, 1.54) is 5.57 Å². The van der Waals surface area contributed by atoms with Gasteiger partial charge in [-0.05, 0) is 44.5 Å². The summed E-state index contributed by atoms with van der Waals surface area (Å²) in [6, 6.07) is 0.514. The molecule has 0 aromatic carbocycles. The summed E-state index contributed by atoms with van der Waals surface area (Å²) in [7, 11) is 0. The maximum Gasteiger partial charge on any atom is 0.0392 e. The maximum atomic E-state index is 4.20. The minimum atomic E-state index is 0.514. The lowest BCUT2D eigenvalue weighted by Crippen LogP contribution is -2.16. The van der Waals surface area contributed by atoms with Gasteiger partial charge >= 0.3 is 0 Å². The molecule has 0 saturated carbocycles. The molecule has 0 fully saturated rings. The van der Waals surface area contributed by atoms with Crippen molar-refractivity contribution in [3.05, 3.63) is 23.9 Å². The van der Waals surface area contributed by atoms with E-state index in [0.717, 1.165) is 19.4 Å². The van der Waals surface area contributed by atoms with Crippen molar-refractivity contribution in [3.8, 4) is 0 Å². The molecule has 0 bridgehead atoms. The van der Waals surface area contributed by atoms with E-state index in [1.807, 2.05) is 12.3 Å². The second kappa shape index (κ2) is 5.57. The molecule has 0 aromatic heterocycles. The van der Waals surface area contributed by atoms with Gasteiger partial charge in [0.15, 0.2) is 0 Å². The van der Waals surface area contributed by atoms with Crippen LogP contribution in [0.4, 0.5) is 0 Å². The van der Waals surface area contributed by atoms with Gasteiger partial charge in [0, 0.05) is 18.8 Å². The Morgan fingerprint density at radius 1 is 1.54 bits per heavy atom. The Kier molecular flexibility index (Phi) is 4.30. The highest BCUT2D eigenvalue weighted by Gasteiger charge is 1.95. The van der Waals surface area contributed by atoms with Crippen LogP contribution in [0.3, 0.4) is 0 Å². The molecule has 0 spiro atoms. The molecule has 0 saturated heterocycles. The Morgan fingerprint density at radius 3 is 3.15 bits per heavy atom. The Bertz CT molecular complexity index is 224. The van der Waals surface area contributed by atoms with Crippen molar-refractivity contribution in [2.45, 2.75) is 32.7 Å². The molecular weight excluding hydrogens is 160 g/mol. The third-order valence-corrected chi connectivity index (χ3v) is 1.86. The molecular formula is C11H18N2. The van der Waals surface area contributed by atoms with Gasteiger partial charge in [-0.1, -0.05) is 6.08 Å². The lowest BCUT2D eigenvalue weighted by Gasteiger charge is -2.07. The summed E-state index contributed by atoms with van der Waals surface area (Å²) in [6.07, 6.45) is 10.4. The van der Waals surface area contributed by atoms with E-state index in [-0.39, 0.29) is 0 Å². The Hall–Kier alpha value is -1.05. The van der Waals surface area contributed by atoms with Crippen LogP contribution < -0.4 is 5.32 Å². The van der Waals surface area contributed by atoms with E-state index >= 15 is 0 Å². The number of hydrogen-bond acceptors (Lipinski definition) is 2. The summed E-state index contributed by atoms with van der Waals surface area (Å²) in [5.41, 5.74) is 1.36. The van der Waals surface area contributed by atoms with Crippen LogP contribution in [0.25, 0.3) is 0 Å². The number of nitrogens with one attached hydrogen (secondary N) is 1. The quantitative estimate of drug-likeness (QED) is 0.689. The summed E-state index contributed by atoms with van der Waals surface area (Å²) >= 11 is 0. The molecule has 0 unspecified atom stereocenters. The number of allylic oxidation sites excluding steroid dienone is 3. The first-order valence-corrected chi connectivity index (χ1v) is 4.90. The molecule has 1 N–H and O–H groups in total. The Morgan fingerprint density at radius 2 is 2.38 bits per heavy atom. The number of nitrogens with zero attached hydrogens (tertiary/aromatic N) is 1. The summed E-state index contributed by atoms with van der Waals surface area (Å²) < 4.78 is 0. The summed E-state index contributed by atoms with van der Waals surface area (Å²) in [5, 5.41) is 3.31. The van der Waals surface area contributed by atoms with Gasteiger partial charge in [0.2, 0.25) is 0 Å². The maximum absolute atomic E-state index is 4.20. The van der Waals surface area contributed by atoms with Crippen LogP contribution in [0.5, 0.6) is 0 Å². The number of aliphatic imine (C=N–C) groups is 1. The van der Waals surface area contributed by atoms with E-state index in [4.69, 9.17) is 0 Å². The largest absolute Gasteiger partial charge is 0.388 e. The smallest absolute Gasteiger partial charge is 0.0392 e. The lowest BCUT2D eigenvalue weighted by atomic mass is 10.1. The predicted molar refractivity (Wildman–Crippen MR) is 58.1 cm³/mol. The van der Waals surface area contributed by atoms with Crippen LogP contribution in [-0.2, 0) is 0 Å². The molecule has 1 aliphatic rings. The standard InChI is InChI=1S/C11H18N2/c1-10(2)13-9-11-5-3-7-12-8-4-6-11/h3,5,7,9-10,13H,4,6,8H2,1-2H3/b5-3-,11-9-,12-7-. The SMILES string of the molecule is CC(C)N/C=C1/C=C\C=N/CCC1. The summed E-state index contributed by atoms with van der Waals surface area (Å²) in [6.45, 7) is 5.24. The van der Waals surface area contributed by atoms with Crippen molar-refractivity contribution in [2.24, 2.45) is 4.99 Å². The molecule has 0 radical (unpaired) electrons. The van der Waals surface area contributed by atoms with E-state index in [1.54, 1.807) is 0 Å². The molecule has 0 aromatic rings. The predicted octanol–water partition coefficient (Wildman–Crippen LogP) is 2.29. The lowest BCUT2D eigenvalue weighted by molar-refractivity contribution is 0.694. The molecule has 1 aliphatic heterocycles. The highest BCUT2D eigenvalue weighted by Crippen LogP contribution is 2.07. The molecule has 13 heavy (non-hydrogen) atoms. The molecule has 1 rings (SSSR count). The van der Waals surface area contributed by atoms with Crippen molar-refractivity contribution in [1.82, 2.24) is 5.32 Å². The minimum Gasteiger partial charge on any atom is -0.388 e. The zero-order chi connectivity index (χ0) is 9.52. The first-order chi connectivity index (χ1) is 6.29. The van der Waals surface area contributed by atoms with Crippen LogP contribution in [-0.4, -0.2) is 18.8 Å². The third-order valence-electron chi connectivity index (χ3n) is 1.86. The van der Waals surface area contributed by atoms with Gasteiger partial charge in [-0.15, -0.1) is 0 Å². The van der Waals surface area contributed by atoms with E-state index in [9.17, 15) is 0 Å². The van der Waals surface area contributed by atoms with Crippen LogP contribution in [0.15, 0.2) is 28.9 Å². The highest BCUT2D eigenvalue weighted by molar-refractivity contribution is 5.72. The number of rotatable bonds is 2. The average Bonchev–Trinajstić information content (AvgIpc) is 2.01. The normalized spacial score (nSPS) is 25.3. The Balaban J connectivity index is 2.51. The monoisotopic (exact) mass is 178 g/mol. The Labute approximate surface area is 80.4 Å². The fraction of sp³-hybridized carbons (Fsp3) is 0.545. The van der Waals surface area contributed by atoms with Gasteiger partial charge in [-0.25, -0.2) is 0 Å².